The van der Waals surface area contributed by atoms with Gasteiger partial charge in [-0.1, -0.05) is 5.16 Å². The molecule has 3 rings (SSSR count). The molecule has 1 saturated heterocycles. The average molecular weight is 323 g/mol. The van der Waals surface area contributed by atoms with Crippen molar-refractivity contribution in [3.63, 3.8) is 0 Å². The summed E-state index contributed by atoms with van der Waals surface area (Å²) in [7, 11) is 1.88. The first kappa shape index (κ1) is 15.5. The number of carbonyl (C=O) groups is 1. The summed E-state index contributed by atoms with van der Waals surface area (Å²) in [6.07, 6.45) is 0.825. The van der Waals surface area contributed by atoms with Crippen molar-refractivity contribution in [1.29, 1.82) is 0 Å². The topological polar surface area (TPSA) is 75.4 Å². The van der Waals surface area contributed by atoms with Gasteiger partial charge in [0.25, 0.3) is 5.91 Å². The van der Waals surface area contributed by atoms with E-state index in [0.717, 1.165) is 6.20 Å². The third kappa shape index (κ3) is 3.04. The first-order valence-electron chi connectivity index (χ1n) is 7.06. The van der Waals surface area contributed by atoms with Crippen LogP contribution < -0.4 is 0 Å². The highest BCUT2D eigenvalue weighted by Gasteiger charge is 2.33. The Morgan fingerprint density at radius 2 is 2.17 bits per heavy atom. The maximum Gasteiger partial charge on any atom is 0.275 e. The summed E-state index contributed by atoms with van der Waals surface area (Å²) in [6.45, 7) is 2.92. The lowest BCUT2D eigenvalue weighted by Crippen LogP contribution is -2.49. The van der Waals surface area contributed by atoms with Gasteiger partial charge in [-0.2, -0.15) is 4.98 Å². The molecule has 0 unspecified atom stereocenters. The maximum absolute atomic E-state index is 13.8. The van der Waals surface area contributed by atoms with Crippen molar-refractivity contribution in [1.82, 2.24) is 24.9 Å². The molecule has 0 aliphatic carbocycles. The molecule has 0 saturated carbocycles. The van der Waals surface area contributed by atoms with Gasteiger partial charge in [0.1, 0.15) is 11.9 Å². The lowest BCUT2D eigenvalue weighted by Gasteiger charge is -2.37. The molecule has 7 nitrogen and oxygen atoms in total. The van der Waals surface area contributed by atoms with Gasteiger partial charge in [0.15, 0.2) is 17.3 Å². The maximum atomic E-state index is 13.8. The minimum Gasteiger partial charge on any atom is -0.338 e. The van der Waals surface area contributed by atoms with Crippen LogP contribution in [-0.2, 0) is 0 Å². The molecule has 0 bridgehead atoms. The van der Waals surface area contributed by atoms with Crippen molar-refractivity contribution in [2.24, 2.45) is 0 Å². The summed E-state index contributed by atoms with van der Waals surface area (Å²) in [5.41, 5.74) is -0.392. The lowest BCUT2D eigenvalue weighted by atomic mass is 10.1. The van der Waals surface area contributed by atoms with Gasteiger partial charge in [-0.15, -0.1) is 0 Å². The summed E-state index contributed by atoms with van der Waals surface area (Å²) in [4.78, 5) is 23.6. The van der Waals surface area contributed by atoms with Crippen molar-refractivity contribution in [3.8, 4) is 0 Å². The van der Waals surface area contributed by atoms with Crippen LogP contribution in [0.5, 0.6) is 0 Å². The quantitative estimate of drug-likeness (QED) is 0.826. The van der Waals surface area contributed by atoms with E-state index in [2.05, 4.69) is 15.1 Å². The van der Waals surface area contributed by atoms with Crippen LogP contribution >= 0.6 is 0 Å². The fourth-order valence-electron chi connectivity index (χ4n) is 2.49. The molecular weight excluding hydrogens is 308 g/mol. The summed E-state index contributed by atoms with van der Waals surface area (Å²) >= 11 is 0. The van der Waals surface area contributed by atoms with Crippen molar-refractivity contribution >= 4 is 5.91 Å². The number of hydrogen-bond donors (Lipinski definition) is 0. The van der Waals surface area contributed by atoms with Crippen LogP contribution in [0.4, 0.5) is 8.78 Å². The Morgan fingerprint density at radius 3 is 2.83 bits per heavy atom. The predicted octanol–water partition coefficient (Wildman–Crippen LogP) is 1.18. The van der Waals surface area contributed by atoms with Crippen LogP contribution in [0.2, 0.25) is 0 Å². The molecule has 0 aromatic carbocycles. The predicted molar refractivity (Wildman–Crippen MR) is 74.5 cm³/mol. The van der Waals surface area contributed by atoms with Gasteiger partial charge in [0.05, 0.1) is 6.20 Å². The Labute approximate surface area is 130 Å². The monoisotopic (exact) mass is 323 g/mol. The molecule has 2 aromatic rings. The van der Waals surface area contributed by atoms with E-state index >= 15 is 0 Å². The van der Waals surface area contributed by atoms with Gasteiger partial charge < -0.3 is 9.42 Å². The number of rotatable bonds is 2. The Balaban J connectivity index is 1.81. The molecule has 1 aliphatic rings. The molecule has 23 heavy (non-hydrogen) atoms. The van der Waals surface area contributed by atoms with Crippen molar-refractivity contribution in [2.75, 3.05) is 26.7 Å². The molecule has 2 aromatic heterocycles. The number of hydrogen-bond acceptors (Lipinski definition) is 6. The largest absolute Gasteiger partial charge is 0.338 e. The van der Waals surface area contributed by atoms with Gasteiger partial charge in [0, 0.05) is 25.7 Å². The molecule has 3 heterocycles. The normalized spacial score (nSPS) is 19.1. The molecule has 1 amide bonds. The highest BCUT2D eigenvalue weighted by atomic mass is 19.1. The smallest absolute Gasteiger partial charge is 0.275 e. The fraction of sp³-hybridized carbons (Fsp3) is 0.429. The number of halogens is 2. The minimum atomic E-state index is -0.973. The molecule has 9 heteroatoms. The molecule has 1 atom stereocenters. The number of pyridine rings is 1. The van der Waals surface area contributed by atoms with Crippen LogP contribution in [0.15, 0.2) is 16.8 Å². The van der Waals surface area contributed by atoms with Gasteiger partial charge >= 0.3 is 0 Å². The summed E-state index contributed by atoms with van der Waals surface area (Å²) < 4.78 is 31.9. The SMILES string of the molecule is Cc1noc([C@@H]2CN(C(=O)c3ncc(F)cc3F)CCN2C)n1. The zero-order valence-corrected chi connectivity index (χ0v) is 12.7. The zero-order valence-electron chi connectivity index (χ0n) is 12.7. The highest BCUT2D eigenvalue weighted by molar-refractivity contribution is 5.92. The summed E-state index contributed by atoms with van der Waals surface area (Å²) in [5.74, 6) is -1.48. The zero-order chi connectivity index (χ0) is 16.6. The van der Waals surface area contributed by atoms with Crippen molar-refractivity contribution < 1.29 is 18.1 Å². The molecule has 122 valence electrons. The van der Waals surface area contributed by atoms with Gasteiger partial charge in [-0.25, -0.2) is 13.8 Å². The third-order valence-corrected chi connectivity index (χ3v) is 3.77. The Kier molecular flexibility index (Phi) is 4.03. The van der Waals surface area contributed by atoms with E-state index in [4.69, 9.17) is 4.52 Å². The Morgan fingerprint density at radius 1 is 1.39 bits per heavy atom. The Hall–Kier alpha value is -2.42. The number of nitrogens with zero attached hydrogens (tertiary/aromatic N) is 5. The van der Waals surface area contributed by atoms with Crippen LogP contribution in [0.3, 0.4) is 0 Å². The number of aromatic nitrogens is 3. The first-order chi connectivity index (χ1) is 11.0. The molecule has 1 fully saturated rings. The van der Waals surface area contributed by atoms with Gasteiger partial charge in [-0.05, 0) is 14.0 Å². The van der Waals surface area contributed by atoms with Crippen LogP contribution in [0, 0.1) is 18.6 Å². The van der Waals surface area contributed by atoms with Gasteiger partial charge in [0.2, 0.25) is 5.89 Å². The molecule has 0 spiro atoms. The fourth-order valence-corrected chi connectivity index (χ4v) is 2.49. The summed E-state index contributed by atoms with van der Waals surface area (Å²) in [5, 5.41) is 3.75. The van der Waals surface area contributed by atoms with E-state index in [9.17, 15) is 13.6 Å². The average Bonchev–Trinajstić information content (AvgIpc) is 2.93. The number of piperazine rings is 1. The minimum absolute atomic E-state index is 0.259. The first-order valence-corrected chi connectivity index (χ1v) is 7.06. The highest BCUT2D eigenvalue weighted by Crippen LogP contribution is 2.24. The Bertz CT molecular complexity index is 736. The van der Waals surface area contributed by atoms with Gasteiger partial charge in [-0.3, -0.25) is 9.69 Å². The van der Waals surface area contributed by atoms with E-state index < -0.39 is 23.2 Å². The van der Waals surface area contributed by atoms with E-state index in [0.29, 0.717) is 30.9 Å². The van der Waals surface area contributed by atoms with E-state index in [1.807, 2.05) is 11.9 Å². The van der Waals surface area contributed by atoms with Crippen LogP contribution in [0.1, 0.15) is 28.2 Å². The number of likely N-dealkylation sites (N-methyl/N-ethyl adjacent to an activating group) is 1. The number of amides is 1. The molecule has 0 radical (unpaired) electrons. The second-order valence-corrected chi connectivity index (χ2v) is 5.41. The van der Waals surface area contributed by atoms with E-state index in [-0.39, 0.29) is 12.6 Å². The number of carbonyl (C=O) groups excluding carboxylic acids is 1. The van der Waals surface area contributed by atoms with Crippen LogP contribution in [-0.4, -0.2) is 57.5 Å². The molecule has 1 aliphatic heterocycles. The van der Waals surface area contributed by atoms with E-state index in [1.54, 1.807) is 6.92 Å². The van der Waals surface area contributed by atoms with Crippen molar-refractivity contribution in [2.45, 2.75) is 13.0 Å². The van der Waals surface area contributed by atoms with Crippen molar-refractivity contribution in [3.05, 3.63) is 41.3 Å². The van der Waals surface area contributed by atoms with E-state index in [1.165, 1.54) is 4.90 Å². The summed E-state index contributed by atoms with van der Waals surface area (Å²) in [6, 6.07) is 0.368. The third-order valence-electron chi connectivity index (χ3n) is 3.77. The second-order valence-electron chi connectivity index (χ2n) is 5.41. The molecule has 0 N–H and O–H groups in total. The number of aryl methyl sites for hydroxylation is 1. The molecular formula is C14H15F2N5O2. The van der Waals surface area contributed by atoms with Crippen LogP contribution in [0.25, 0.3) is 0 Å². The standard InChI is InChI=1S/C14H15F2N5O2/c1-8-18-13(23-19-8)11-7-21(4-3-20(11)2)14(22)12-10(16)5-9(15)6-17-12/h5-6,11H,3-4,7H2,1-2H3/t11-/m0/s1. The lowest BCUT2D eigenvalue weighted by molar-refractivity contribution is 0.0479. The second kappa shape index (κ2) is 5.99.